The van der Waals surface area contributed by atoms with Gasteiger partial charge in [0.2, 0.25) is 0 Å². The van der Waals surface area contributed by atoms with Crippen molar-refractivity contribution in [2.45, 2.75) is 38.5 Å². The Labute approximate surface area is 299 Å². The Bertz CT molecular complexity index is 2500. The first-order chi connectivity index (χ1) is 25.5. The first-order valence-electron chi connectivity index (χ1n) is 17.2. The number of nitrogens with zero attached hydrogens (tertiary/aromatic N) is 6. The second-order valence-electron chi connectivity index (χ2n) is 13.0. The number of carbonyl (C=O) groups is 3. The first-order valence-corrected chi connectivity index (χ1v) is 17.2. The van der Waals surface area contributed by atoms with E-state index in [9.17, 15) is 14.4 Å². The van der Waals surface area contributed by atoms with E-state index in [1.54, 1.807) is 29.1 Å². The molecule has 2 saturated carbocycles. The standard InChI is InChI=1S/C22H17N5O2.C19H15N3O/c28-21-19(25-22(29)26-21)11-17-12-23-20-18(10-15-6-7-15)24-16(13-27(17)20)9-8-14-4-2-1-3-5-14;23-13-17-11-20-19-18(10-15-6-7-15)21-16(12-22(17)19)9-8-14-4-2-1-3-5-14/h1-5,11-13,15H,6-7,10H2,(H2,25,26,28,29);1-5,11-13,15H,6-7,10H2/b19-11-;. The predicted molar refractivity (Wildman–Crippen MR) is 194 cm³/mol. The number of aromatic nitrogens is 6. The van der Waals surface area contributed by atoms with E-state index in [4.69, 9.17) is 4.98 Å². The number of carbonyl (C=O) groups excluding carboxylic acids is 3. The fourth-order valence-corrected chi connectivity index (χ4v) is 5.86. The van der Waals surface area contributed by atoms with Crippen LogP contribution in [0.25, 0.3) is 17.4 Å². The van der Waals surface area contributed by atoms with Crippen molar-refractivity contribution in [2.24, 2.45) is 11.8 Å². The van der Waals surface area contributed by atoms with Crippen LogP contribution in [0.3, 0.4) is 0 Å². The van der Waals surface area contributed by atoms with Crippen LogP contribution in [0.2, 0.25) is 0 Å². The van der Waals surface area contributed by atoms with Gasteiger partial charge in [-0.15, -0.1) is 0 Å². The molecule has 11 heteroatoms. The molecule has 0 spiro atoms. The molecule has 0 radical (unpaired) electrons. The maximum atomic E-state index is 11.9. The molecular weight excluding hydrogens is 653 g/mol. The largest absolute Gasteiger partial charge is 0.326 e. The summed E-state index contributed by atoms with van der Waals surface area (Å²) >= 11 is 0. The summed E-state index contributed by atoms with van der Waals surface area (Å²) in [5.74, 6) is 13.4. The quantitative estimate of drug-likeness (QED) is 0.107. The minimum Gasteiger partial charge on any atom is -0.303 e. The Morgan fingerprint density at radius 3 is 1.63 bits per heavy atom. The average Bonchev–Trinajstić information content (AvgIpc) is 4.06. The number of aldehydes is 1. The maximum Gasteiger partial charge on any atom is 0.326 e. The van der Waals surface area contributed by atoms with Crippen molar-refractivity contribution in [1.82, 2.24) is 39.4 Å². The van der Waals surface area contributed by atoms with Gasteiger partial charge in [0.15, 0.2) is 17.6 Å². The number of fused-ring (bicyclic) bond motifs is 2. The predicted octanol–water partition coefficient (Wildman–Crippen LogP) is 5.16. The molecule has 1 saturated heterocycles. The molecule has 11 nitrogen and oxygen atoms in total. The molecule has 1 aliphatic heterocycles. The Morgan fingerprint density at radius 2 is 1.17 bits per heavy atom. The van der Waals surface area contributed by atoms with E-state index >= 15 is 0 Å². The van der Waals surface area contributed by atoms with Crippen LogP contribution in [-0.2, 0) is 17.6 Å². The Kier molecular flexibility index (Phi) is 8.82. The van der Waals surface area contributed by atoms with Gasteiger partial charge in [0.05, 0.1) is 29.5 Å². The van der Waals surface area contributed by atoms with Gasteiger partial charge in [0.1, 0.15) is 22.8 Å². The molecule has 3 amide bonds. The number of urea groups is 1. The van der Waals surface area contributed by atoms with Gasteiger partial charge in [-0.05, 0) is 92.5 Å². The molecule has 4 aromatic heterocycles. The molecule has 2 aromatic carbocycles. The Hall–Kier alpha value is -6.85. The van der Waals surface area contributed by atoms with Crippen LogP contribution in [0, 0.1) is 35.5 Å². The highest BCUT2D eigenvalue weighted by Gasteiger charge is 2.26. The van der Waals surface area contributed by atoms with Crippen molar-refractivity contribution in [3.8, 4) is 23.7 Å². The molecule has 2 N–H and O–H groups in total. The van der Waals surface area contributed by atoms with Gasteiger partial charge in [0.25, 0.3) is 5.91 Å². The van der Waals surface area contributed by atoms with Gasteiger partial charge in [-0.3, -0.25) is 23.7 Å². The molecule has 6 aromatic rings. The van der Waals surface area contributed by atoms with E-state index in [-0.39, 0.29) is 5.70 Å². The normalized spacial score (nSPS) is 15.6. The van der Waals surface area contributed by atoms with Crippen molar-refractivity contribution in [2.75, 3.05) is 0 Å². The lowest BCUT2D eigenvalue weighted by Crippen LogP contribution is -2.22. The van der Waals surface area contributed by atoms with Crippen molar-refractivity contribution < 1.29 is 14.4 Å². The molecule has 254 valence electrons. The topological polar surface area (TPSA) is 136 Å². The van der Waals surface area contributed by atoms with Crippen LogP contribution < -0.4 is 10.6 Å². The van der Waals surface area contributed by atoms with Crippen LogP contribution in [0.5, 0.6) is 0 Å². The van der Waals surface area contributed by atoms with Crippen molar-refractivity contribution >= 4 is 35.6 Å². The zero-order chi connectivity index (χ0) is 35.4. The number of rotatable bonds is 6. The van der Waals surface area contributed by atoms with Crippen LogP contribution in [0.1, 0.15) is 75.8 Å². The summed E-state index contributed by atoms with van der Waals surface area (Å²) in [5, 5.41) is 4.70. The van der Waals surface area contributed by atoms with Crippen LogP contribution in [-0.4, -0.2) is 47.0 Å². The summed E-state index contributed by atoms with van der Waals surface area (Å²) in [6, 6.07) is 19.0. The third kappa shape index (κ3) is 7.49. The molecule has 3 fully saturated rings. The lowest BCUT2D eigenvalue weighted by molar-refractivity contribution is -0.115. The maximum absolute atomic E-state index is 11.9. The number of nitrogens with one attached hydrogen (secondary N) is 2. The summed E-state index contributed by atoms with van der Waals surface area (Å²) in [5.41, 5.74) is 7.90. The van der Waals surface area contributed by atoms with Crippen molar-refractivity contribution in [1.29, 1.82) is 0 Å². The van der Waals surface area contributed by atoms with Crippen molar-refractivity contribution in [3.63, 3.8) is 0 Å². The number of hydrogen-bond donors (Lipinski definition) is 2. The number of imide groups is 1. The Morgan fingerprint density at radius 1 is 0.673 bits per heavy atom. The Balaban J connectivity index is 0.000000153. The third-order valence-corrected chi connectivity index (χ3v) is 8.89. The molecule has 3 aliphatic rings. The minimum atomic E-state index is -0.527. The monoisotopic (exact) mass is 684 g/mol. The number of amides is 3. The molecule has 0 bridgehead atoms. The van der Waals surface area contributed by atoms with Crippen molar-refractivity contribution in [3.05, 3.63) is 136 Å². The highest BCUT2D eigenvalue weighted by atomic mass is 16.2. The van der Waals surface area contributed by atoms with E-state index in [2.05, 4.69) is 49.3 Å². The van der Waals surface area contributed by atoms with E-state index in [0.717, 1.165) is 52.9 Å². The zero-order valence-corrected chi connectivity index (χ0v) is 28.0. The third-order valence-electron chi connectivity index (χ3n) is 8.89. The summed E-state index contributed by atoms with van der Waals surface area (Å²) < 4.78 is 3.68. The average molecular weight is 685 g/mol. The SMILES string of the molecule is O=C1NC(=O)/C(=C/c2cnc3c(CC4CC4)nc(C#Cc4ccccc4)cn23)N1.O=Cc1cnc2c(CC3CC3)nc(C#Cc3ccccc3)cn12. The van der Waals surface area contributed by atoms with Crippen LogP contribution in [0.15, 0.2) is 91.1 Å². The molecule has 0 atom stereocenters. The summed E-state index contributed by atoms with van der Waals surface area (Å²) in [4.78, 5) is 52.7. The minimum absolute atomic E-state index is 0.189. The van der Waals surface area contributed by atoms with Gasteiger partial charge in [0, 0.05) is 23.5 Å². The van der Waals surface area contributed by atoms with Gasteiger partial charge < -0.3 is 5.32 Å². The summed E-state index contributed by atoms with van der Waals surface area (Å²) in [6.07, 6.45) is 16.0. The van der Waals surface area contributed by atoms with Gasteiger partial charge in [-0.1, -0.05) is 48.2 Å². The first kappa shape index (κ1) is 32.4. The smallest absolute Gasteiger partial charge is 0.303 e. The van der Waals surface area contributed by atoms with Gasteiger partial charge in [-0.25, -0.2) is 24.7 Å². The van der Waals surface area contributed by atoms with E-state index in [0.29, 0.717) is 34.6 Å². The number of imidazole rings is 2. The second-order valence-corrected chi connectivity index (χ2v) is 13.0. The fraction of sp³-hybridized carbons (Fsp3) is 0.195. The number of hydrogen-bond acceptors (Lipinski definition) is 7. The van der Waals surface area contributed by atoms with E-state index < -0.39 is 11.9 Å². The molecular formula is C41H32N8O3. The van der Waals surface area contributed by atoms with E-state index in [1.807, 2.05) is 71.3 Å². The molecule has 0 unspecified atom stereocenters. The second kappa shape index (κ2) is 14.2. The molecule has 9 rings (SSSR count). The highest BCUT2D eigenvalue weighted by molar-refractivity contribution is 6.13. The zero-order valence-electron chi connectivity index (χ0n) is 28.0. The lowest BCUT2D eigenvalue weighted by Gasteiger charge is -2.05. The van der Waals surface area contributed by atoms with Crippen LogP contribution in [0.4, 0.5) is 4.79 Å². The molecule has 2 aliphatic carbocycles. The van der Waals surface area contributed by atoms with Gasteiger partial charge >= 0.3 is 6.03 Å². The fourth-order valence-electron chi connectivity index (χ4n) is 5.86. The summed E-state index contributed by atoms with van der Waals surface area (Å²) in [6.45, 7) is 0. The highest BCUT2D eigenvalue weighted by Crippen LogP contribution is 2.34. The van der Waals surface area contributed by atoms with E-state index in [1.165, 1.54) is 25.7 Å². The van der Waals surface area contributed by atoms with Gasteiger partial charge in [-0.2, -0.15) is 0 Å². The number of benzene rings is 2. The molecule has 52 heavy (non-hydrogen) atoms. The van der Waals surface area contributed by atoms with Crippen LogP contribution >= 0.6 is 0 Å². The molecule has 5 heterocycles. The lowest BCUT2D eigenvalue weighted by atomic mass is 10.2. The summed E-state index contributed by atoms with van der Waals surface area (Å²) in [7, 11) is 0.